The monoisotopic (exact) mass is 286 g/mol. The van der Waals surface area contributed by atoms with Crippen LogP contribution in [-0.4, -0.2) is 30.9 Å². The lowest BCUT2D eigenvalue weighted by molar-refractivity contribution is -0.150. The summed E-state index contributed by atoms with van der Waals surface area (Å²) in [4.78, 5) is 11.1. The summed E-state index contributed by atoms with van der Waals surface area (Å²) in [6.45, 7) is 2.49. The maximum absolute atomic E-state index is 11.1. The van der Waals surface area contributed by atoms with E-state index in [1.807, 2.05) is 6.92 Å². The first-order chi connectivity index (χ1) is 9.08. The molecule has 0 aliphatic heterocycles. The Bertz CT molecular complexity index is 420. The molecule has 5 heteroatoms. The van der Waals surface area contributed by atoms with Gasteiger partial charge in [0.25, 0.3) is 0 Å². The molecule has 0 aliphatic rings. The van der Waals surface area contributed by atoms with Crippen molar-refractivity contribution in [2.75, 3.05) is 13.7 Å². The van der Waals surface area contributed by atoms with Crippen LogP contribution in [0.25, 0.3) is 0 Å². The third kappa shape index (κ3) is 5.09. The number of carboxylic acid groups (broad SMARTS) is 1. The van der Waals surface area contributed by atoms with Crippen molar-refractivity contribution in [3.8, 4) is 5.75 Å². The summed E-state index contributed by atoms with van der Waals surface area (Å²) < 4.78 is 10.4. The zero-order valence-corrected chi connectivity index (χ0v) is 11.9. The van der Waals surface area contributed by atoms with E-state index >= 15 is 0 Å². The number of unbranched alkanes of at least 4 members (excludes halogenated alkanes) is 1. The molecule has 1 aromatic rings. The van der Waals surface area contributed by atoms with Gasteiger partial charge in [-0.15, -0.1) is 0 Å². The van der Waals surface area contributed by atoms with E-state index in [0.29, 0.717) is 23.8 Å². The van der Waals surface area contributed by atoms with E-state index in [4.69, 9.17) is 26.2 Å². The second-order valence-corrected chi connectivity index (χ2v) is 4.63. The van der Waals surface area contributed by atoms with Gasteiger partial charge in [0.1, 0.15) is 5.75 Å². The van der Waals surface area contributed by atoms with Gasteiger partial charge < -0.3 is 14.6 Å². The minimum atomic E-state index is -0.956. The lowest BCUT2D eigenvalue weighted by atomic mass is 10.1. The molecular weight excluding hydrogens is 268 g/mol. The van der Waals surface area contributed by atoms with E-state index in [1.54, 1.807) is 18.2 Å². The number of ether oxygens (including phenoxy) is 2. The normalized spacial score (nSPS) is 12.2. The van der Waals surface area contributed by atoms with Crippen LogP contribution in [0.4, 0.5) is 0 Å². The van der Waals surface area contributed by atoms with Crippen LogP contribution in [0.5, 0.6) is 5.75 Å². The second-order valence-electron chi connectivity index (χ2n) is 4.22. The van der Waals surface area contributed by atoms with E-state index in [1.165, 1.54) is 7.11 Å². The molecule has 4 nitrogen and oxygen atoms in total. The minimum Gasteiger partial charge on any atom is -0.495 e. The zero-order chi connectivity index (χ0) is 14.3. The molecule has 19 heavy (non-hydrogen) atoms. The summed E-state index contributed by atoms with van der Waals surface area (Å²) in [7, 11) is 1.54. The summed E-state index contributed by atoms with van der Waals surface area (Å²) in [6, 6.07) is 5.23. The highest BCUT2D eigenvalue weighted by Gasteiger charge is 2.19. The summed E-state index contributed by atoms with van der Waals surface area (Å²) in [6.07, 6.45) is 1.28. The Labute approximate surface area is 118 Å². The van der Waals surface area contributed by atoms with E-state index in [9.17, 15) is 4.79 Å². The highest BCUT2D eigenvalue weighted by molar-refractivity contribution is 6.32. The number of carboxylic acids is 1. The summed E-state index contributed by atoms with van der Waals surface area (Å²) in [5.41, 5.74) is 0.815. The third-order valence-electron chi connectivity index (χ3n) is 2.73. The van der Waals surface area contributed by atoms with Crippen molar-refractivity contribution in [3.63, 3.8) is 0 Å². The standard InChI is InChI=1S/C14H19ClO4/c1-3-4-7-19-13(14(16)17)9-10-5-6-12(18-2)11(15)8-10/h5-6,8,13H,3-4,7,9H2,1-2H3,(H,16,17)/t13-/m1/s1. The summed E-state index contributed by atoms with van der Waals surface area (Å²) in [5, 5.41) is 9.59. The number of benzene rings is 1. The van der Waals surface area contributed by atoms with Crippen LogP contribution < -0.4 is 4.74 Å². The molecular formula is C14H19ClO4. The third-order valence-corrected chi connectivity index (χ3v) is 3.03. The van der Waals surface area contributed by atoms with Crippen LogP contribution in [0.3, 0.4) is 0 Å². The van der Waals surface area contributed by atoms with Gasteiger partial charge in [0.15, 0.2) is 6.10 Å². The first-order valence-electron chi connectivity index (χ1n) is 6.25. The average Bonchev–Trinajstić information content (AvgIpc) is 2.38. The molecule has 0 saturated heterocycles. The molecule has 1 N–H and O–H groups in total. The Morgan fingerprint density at radius 1 is 1.47 bits per heavy atom. The predicted molar refractivity (Wildman–Crippen MR) is 74.0 cm³/mol. The topological polar surface area (TPSA) is 55.8 Å². The van der Waals surface area contributed by atoms with Crippen molar-refractivity contribution in [2.45, 2.75) is 32.3 Å². The van der Waals surface area contributed by atoms with E-state index in [-0.39, 0.29) is 0 Å². The first-order valence-corrected chi connectivity index (χ1v) is 6.63. The van der Waals surface area contributed by atoms with Crippen molar-refractivity contribution in [1.82, 2.24) is 0 Å². The SMILES string of the molecule is CCCCO[C@H](Cc1ccc(OC)c(Cl)c1)C(=O)O. The molecule has 1 aromatic carbocycles. The molecule has 106 valence electrons. The molecule has 1 atom stereocenters. The Balaban J connectivity index is 2.68. The summed E-state index contributed by atoms with van der Waals surface area (Å²) in [5.74, 6) is -0.382. The van der Waals surface area contributed by atoms with Gasteiger partial charge in [-0.05, 0) is 24.1 Å². The smallest absolute Gasteiger partial charge is 0.333 e. The molecule has 0 unspecified atom stereocenters. The minimum absolute atomic E-state index is 0.294. The first kappa shape index (κ1) is 15.8. The number of aliphatic carboxylic acids is 1. The molecule has 0 spiro atoms. The van der Waals surface area contributed by atoms with E-state index < -0.39 is 12.1 Å². The quantitative estimate of drug-likeness (QED) is 0.746. The van der Waals surface area contributed by atoms with Crippen LogP contribution in [0.2, 0.25) is 5.02 Å². The van der Waals surface area contributed by atoms with Gasteiger partial charge in [0.2, 0.25) is 0 Å². The average molecular weight is 287 g/mol. The van der Waals surface area contributed by atoms with Crippen molar-refractivity contribution in [1.29, 1.82) is 0 Å². The number of carbonyl (C=O) groups is 1. The fraction of sp³-hybridized carbons (Fsp3) is 0.500. The highest BCUT2D eigenvalue weighted by atomic mass is 35.5. The van der Waals surface area contributed by atoms with Gasteiger partial charge in [-0.1, -0.05) is 31.0 Å². The van der Waals surface area contributed by atoms with Crippen molar-refractivity contribution in [2.24, 2.45) is 0 Å². The molecule has 1 rings (SSSR count). The number of hydrogen-bond acceptors (Lipinski definition) is 3. The molecule has 0 fully saturated rings. The number of hydrogen-bond donors (Lipinski definition) is 1. The van der Waals surface area contributed by atoms with Crippen molar-refractivity contribution in [3.05, 3.63) is 28.8 Å². The van der Waals surface area contributed by atoms with Gasteiger partial charge >= 0.3 is 5.97 Å². The largest absolute Gasteiger partial charge is 0.495 e. The Morgan fingerprint density at radius 3 is 2.74 bits per heavy atom. The number of methoxy groups -OCH3 is 1. The fourth-order valence-corrected chi connectivity index (χ4v) is 1.92. The molecule has 0 bridgehead atoms. The fourth-order valence-electron chi connectivity index (χ4n) is 1.64. The molecule has 0 aliphatic carbocycles. The van der Waals surface area contributed by atoms with E-state index in [2.05, 4.69) is 0 Å². The van der Waals surface area contributed by atoms with Gasteiger partial charge in [0, 0.05) is 13.0 Å². The second kappa shape index (κ2) is 8.02. The molecule has 0 aromatic heterocycles. The molecule has 0 saturated carbocycles. The number of halogens is 1. The molecule has 0 amide bonds. The lowest BCUT2D eigenvalue weighted by Gasteiger charge is -2.14. The maximum atomic E-state index is 11.1. The van der Waals surface area contributed by atoms with Crippen LogP contribution in [0, 0.1) is 0 Å². The Hall–Kier alpha value is -1.26. The van der Waals surface area contributed by atoms with Crippen LogP contribution in [0.15, 0.2) is 18.2 Å². The predicted octanol–water partition coefficient (Wildman–Crippen LogP) is 3.16. The van der Waals surface area contributed by atoms with Crippen LogP contribution in [0.1, 0.15) is 25.3 Å². The van der Waals surface area contributed by atoms with Crippen molar-refractivity contribution < 1.29 is 19.4 Å². The van der Waals surface area contributed by atoms with Gasteiger partial charge in [-0.2, -0.15) is 0 Å². The zero-order valence-electron chi connectivity index (χ0n) is 11.2. The Kier molecular flexibility index (Phi) is 6.67. The van der Waals surface area contributed by atoms with Gasteiger partial charge in [-0.3, -0.25) is 0 Å². The highest BCUT2D eigenvalue weighted by Crippen LogP contribution is 2.25. The van der Waals surface area contributed by atoms with Crippen molar-refractivity contribution >= 4 is 17.6 Å². The molecule has 0 radical (unpaired) electrons. The lowest BCUT2D eigenvalue weighted by Crippen LogP contribution is -2.26. The van der Waals surface area contributed by atoms with Crippen LogP contribution in [-0.2, 0) is 16.0 Å². The Morgan fingerprint density at radius 2 is 2.21 bits per heavy atom. The molecule has 0 heterocycles. The van der Waals surface area contributed by atoms with E-state index in [0.717, 1.165) is 18.4 Å². The summed E-state index contributed by atoms with van der Waals surface area (Å²) >= 11 is 6.01. The number of rotatable bonds is 8. The van der Waals surface area contributed by atoms with Gasteiger partial charge in [-0.25, -0.2) is 4.79 Å². The van der Waals surface area contributed by atoms with Gasteiger partial charge in [0.05, 0.1) is 12.1 Å². The maximum Gasteiger partial charge on any atom is 0.333 e. The van der Waals surface area contributed by atoms with Crippen LogP contribution >= 0.6 is 11.6 Å².